The fraction of sp³-hybridized carbons (Fsp3) is 0.947. The average molecular weight is 268 g/mol. The summed E-state index contributed by atoms with van der Waals surface area (Å²) in [6, 6.07) is 0. The predicted molar refractivity (Wildman–Crippen MR) is 89.5 cm³/mol. The second-order valence-electron chi connectivity index (χ2n) is 6.34. The first-order valence-corrected chi connectivity index (χ1v) is 9.10. The second kappa shape index (κ2) is 16.1. The zero-order valence-electron chi connectivity index (χ0n) is 14.1. The van der Waals surface area contributed by atoms with Gasteiger partial charge in [0.05, 0.1) is 0 Å². The lowest BCUT2D eigenvalue weighted by Gasteiger charge is -2.07. The Kier molecular flexibility index (Phi) is 16.1. The van der Waals surface area contributed by atoms with Gasteiger partial charge in [0.1, 0.15) is 0 Å². The topological polar surface area (TPSA) is 0 Å². The predicted octanol–water partition coefficient (Wildman–Crippen LogP) is 7.33. The van der Waals surface area contributed by atoms with Crippen LogP contribution >= 0.6 is 0 Å². The smallest absolute Gasteiger partial charge is 0.0389 e. The van der Waals surface area contributed by atoms with Gasteiger partial charge in [-0.2, -0.15) is 0 Å². The molecule has 0 aromatic carbocycles. The average Bonchev–Trinajstić information content (AvgIpc) is 2.43. The van der Waals surface area contributed by atoms with Crippen LogP contribution in [0.15, 0.2) is 0 Å². The Bertz CT molecular complexity index is 150. The molecule has 0 saturated heterocycles. The molecule has 0 bridgehead atoms. The summed E-state index contributed by atoms with van der Waals surface area (Å²) in [6.45, 7) is 6.81. The maximum absolute atomic E-state index is 2.33. The number of hydrogen-bond donors (Lipinski definition) is 0. The standard InChI is InChI=1S/C19H39/c1-4-6-7-8-9-10-11-12-13-14-15-16-17-18-19(3)5-2/h5,19H,4,6-18H2,1-3H3. The first kappa shape index (κ1) is 19.0. The van der Waals surface area contributed by atoms with Gasteiger partial charge in [-0.15, -0.1) is 0 Å². The van der Waals surface area contributed by atoms with Crippen LogP contribution in [0.2, 0.25) is 0 Å². The van der Waals surface area contributed by atoms with E-state index in [0.29, 0.717) is 0 Å². The molecule has 0 heteroatoms. The maximum Gasteiger partial charge on any atom is -0.0389 e. The van der Waals surface area contributed by atoms with Crippen LogP contribution in [0.3, 0.4) is 0 Å². The Morgan fingerprint density at radius 3 is 1.37 bits per heavy atom. The molecule has 0 aromatic rings. The van der Waals surface area contributed by atoms with Gasteiger partial charge in [-0.05, 0) is 12.3 Å². The molecule has 0 heterocycles. The normalized spacial score (nSPS) is 12.8. The number of unbranched alkanes of at least 4 members (excludes halogenated alkanes) is 12. The van der Waals surface area contributed by atoms with Gasteiger partial charge in [0.2, 0.25) is 0 Å². The lowest BCUT2D eigenvalue weighted by molar-refractivity contribution is 0.511. The summed E-state index contributed by atoms with van der Waals surface area (Å²) >= 11 is 0. The monoisotopic (exact) mass is 267 g/mol. The highest BCUT2D eigenvalue weighted by Crippen LogP contribution is 2.15. The Labute approximate surface area is 123 Å². The third kappa shape index (κ3) is 15.9. The molecule has 0 aliphatic carbocycles. The minimum atomic E-state index is 0.827. The quantitative estimate of drug-likeness (QED) is 0.272. The zero-order valence-corrected chi connectivity index (χ0v) is 14.1. The molecule has 0 saturated carbocycles. The lowest BCUT2D eigenvalue weighted by Crippen LogP contribution is -1.92. The van der Waals surface area contributed by atoms with E-state index >= 15 is 0 Å². The van der Waals surface area contributed by atoms with E-state index in [9.17, 15) is 0 Å². The first-order chi connectivity index (χ1) is 9.31. The van der Waals surface area contributed by atoms with Crippen molar-refractivity contribution in [2.75, 3.05) is 0 Å². The second-order valence-corrected chi connectivity index (χ2v) is 6.34. The SMILES string of the molecule is C[CH]C(C)CCCCCCCCCCCCCCC. The van der Waals surface area contributed by atoms with E-state index in [1.165, 1.54) is 89.9 Å². The molecule has 0 rings (SSSR count). The van der Waals surface area contributed by atoms with Gasteiger partial charge in [-0.3, -0.25) is 0 Å². The summed E-state index contributed by atoms with van der Waals surface area (Å²) in [5, 5.41) is 0. The summed E-state index contributed by atoms with van der Waals surface area (Å²) in [6.07, 6.45) is 22.7. The van der Waals surface area contributed by atoms with Crippen LogP contribution in [0.4, 0.5) is 0 Å². The minimum Gasteiger partial charge on any atom is -0.0654 e. The van der Waals surface area contributed by atoms with E-state index in [0.717, 1.165) is 5.92 Å². The summed E-state index contributed by atoms with van der Waals surface area (Å²) < 4.78 is 0. The highest BCUT2D eigenvalue weighted by atomic mass is 14.0. The van der Waals surface area contributed by atoms with Gasteiger partial charge in [0.25, 0.3) is 0 Å². The van der Waals surface area contributed by atoms with Crippen molar-refractivity contribution in [3.63, 3.8) is 0 Å². The molecule has 1 atom stereocenters. The van der Waals surface area contributed by atoms with Gasteiger partial charge in [-0.25, -0.2) is 0 Å². The van der Waals surface area contributed by atoms with Crippen LogP contribution in [-0.2, 0) is 0 Å². The van der Waals surface area contributed by atoms with Gasteiger partial charge in [0.15, 0.2) is 0 Å². The highest BCUT2D eigenvalue weighted by molar-refractivity contribution is 4.65. The molecule has 0 fully saturated rings. The molecule has 115 valence electrons. The van der Waals surface area contributed by atoms with Crippen LogP contribution in [0.25, 0.3) is 0 Å². The fourth-order valence-corrected chi connectivity index (χ4v) is 2.65. The van der Waals surface area contributed by atoms with Crippen LogP contribution in [0.5, 0.6) is 0 Å². The minimum absolute atomic E-state index is 0.827. The van der Waals surface area contributed by atoms with E-state index in [1.54, 1.807) is 0 Å². The molecule has 0 aromatic heterocycles. The van der Waals surface area contributed by atoms with Crippen molar-refractivity contribution in [1.29, 1.82) is 0 Å². The number of rotatable bonds is 15. The van der Waals surface area contributed by atoms with Gasteiger partial charge in [-0.1, -0.05) is 111 Å². The van der Waals surface area contributed by atoms with Crippen LogP contribution in [0.1, 0.15) is 111 Å². The Morgan fingerprint density at radius 1 is 0.632 bits per heavy atom. The number of hydrogen-bond acceptors (Lipinski definition) is 0. The van der Waals surface area contributed by atoms with Crippen LogP contribution < -0.4 is 0 Å². The van der Waals surface area contributed by atoms with E-state index in [4.69, 9.17) is 0 Å². The summed E-state index contributed by atoms with van der Waals surface area (Å²) in [5.41, 5.74) is 0. The highest BCUT2D eigenvalue weighted by Gasteiger charge is 1.98. The fourth-order valence-electron chi connectivity index (χ4n) is 2.65. The van der Waals surface area contributed by atoms with Gasteiger partial charge >= 0.3 is 0 Å². The molecule has 19 heavy (non-hydrogen) atoms. The van der Waals surface area contributed by atoms with Crippen molar-refractivity contribution < 1.29 is 0 Å². The molecule has 0 nitrogen and oxygen atoms in total. The van der Waals surface area contributed by atoms with Crippen molar-refractivity contribution in [2.45, 2.75) is 111 Å². The molecular formula is C19H39. The molecule has 1 radical (unpaired) electrons. The van der Waals surface area contributed by atoms with Crippen LogP contribution in [-0.4, -0.2) is 0 Å². The zero-order chi connectivity index (χ0) is 14.2. The third-order valence-corrected chi connectivity index (χ3v) is 4.33. The van der Waals surface area contributed by atoms with E-state index in [-0.39, 0.29) is 0 Å². The Morgan fingerprint density at radius 2 is 1.00 bits per heavy atom. The molecule has 0 spiro atoms. The summed E-state index contributed by atoms with van der Waals surface area (Å²) in [4.78, 5) is 0. The molecule has 1 unspecified atom stereocenters. The van der Waals surface area contributed by atoms with Crippen LogP contribution in [0, 0.1) is 12.3 Å². The molecule has 0 N–H and O–H groups in total. The van der Waals surface area contributed by atoms with E-state index in [1.807, 2.05) is 0 Å². The van der Waals surface area contributed by atoms with E-state index in [2.05, 4.69) is 27.2 Å². The molecule has 0 aliphatic heterocycles. The van der Waals surface area contributed by atoms with Gasteiger partial charge in [0, 0.05) is 0 Å². The molecular weight excluding hydrogens is 228 g/mol. The van der Waals surface area contributed by atoms with Crippen molar-refractivity contribution in [1.82, 2.24) is 0 Å². The summed E-state index contributed by atoms with van der Waals surface area (Å²) in [7, 11) is 0. The van der Waals surface area contributed by atoms with Crippen molar-refractivity contribution in [3.05, 3.63) is 6.42 Å². The van der Waals surface area contributed by atoms with Crippen molar-refractivity contribution in [3.8, 4) is 0 Å². The third-order valence-electron chi connectivity index (χ3n) is 4.33. The Hall–Kier alpha value is 0. The first-order valence-electron chi connectivity index (χ1n) is 9.10. The molecule has 0 aliphatic rings. The maximum atomic E-state index is 2.33. The van der Waals surface area contributed by atoms with Gasteiger partial charge < -0.3 is 0 Å². The lowest BCUT2D eigenvalue weighted by atomic mass is 9.99. The summed E-state index contributed by atoms with van der Waals surface area (Å²) in [5.74, 6) is 0.827. The molecule has 0 amide bonds. The Balaban J connectivity index is 2.95. The largest absolute Gasteiger partial charge is 0.0654 e. The van der Waals surface area contributed by atoms with E-state index < -0.39 is 0 Å². The van der Waals surface area contributed by atoms with Crippen molar-refractivity contribution in [2.24, 2.45) is 5.92 Å². The van der Waals surface area contributed by atoms with Crippen molar-refractivity contribution >= 4 is 0 Å².